The van der Waals surface area contributed by atoms with E-state index in [0.717, 1.165) is 0 Å². The van der Waals surface area contributed by atoms with Gasteiger partial charge >= 0.3 is 0 Å². The molecular formula is C6H11BNO2. The Kier molecular flexibility index (Phi) is 4.85. The van der Waals surface area contributed by atoms with Gasteiger partial charge in [0.15, 0.2) is 0 Å². The highest BCUT2D eigenvalue weighted by molar-refractivity contribution is 6.64. The van der Waals surface area contributed by atoms with Crippen LogP contribution < -0.4 is 5.23 Å². The van der Waals surface area contributed by atoms with Gasteiger partial charge in [0.1, 0.15) is 5.78 Å². The molecule has 0 aliphatic rings. The third-order valence-corrected chi connectivity index (χ3v) is 1.26. The smallest absolute Gasteiger partial charge is 0.290 e. The van der Waals surface area contributed by atoms with Crippen molar-refractivity contribution in [2.75, 3.05) is 0 Å². The molecule has 0 spiro atoms. The highest BCUT2D eigenvalue weighted by Crippen LogP contribution is 1.89. The van der Waals surface area contributed by atoms with Gasteiger partial charge in [-0.15, -0.1) is 0 Å². The van der Waals surface area contributed by atoms with Crippen molar-refractivity contribution < 1.29 is 9.59 Å². The molecule has 0 saturated carbocycles. The Labute approximate surface area is 61.4 Å². The summed E-state index contributed by atoms with van der Waals surface area (Å²) < 4.78 is 0. The second-order valence-corrected chi connectivity index (χ2v) is 2.04. The first-order valence-corrected chi connectivity index (χ1v) is 3.25. The van der Waals surface area contributed by atoms with E-state index >= 15 is 0 Å². The van der Waals surface area contributed by atoms with Gasteiger partial charge in [-0.3, -0.25) is 4.79 Å². The minimum atomic E-state index is -0.204. The monoisotopic (exact) mass is 140 g/mol. The van der Waals surface area contributed by atoms with E-state index in [-0.39, 0.29) is 11.8 Å². The van der Waals surface area contributed by atoms with Gasteiger partial charge in [0.2, 0.25) is 0 Å². The molecular weight excluding hydrogens is 129 g/mol. The fraction of sp³-hybridized carbons (Fsp3) is 0.667. The fourth-order valence-electron chi connectivity index (χ4n) is 0.678. The summed E-state index contributed by atoms with van der Waals surface area (Å²) in [6.07, 6.45) is 1.34. The Balaban J connectivity index is 3.60. The second kappa shape index (κ2) is 5.17. The van der Waals surface area contributed by atoms with Crippen molar-refractivity contribution in [3.05, 3.63) is 0 Å². The Hall–Kier alpha value is -0.635. The number of ketones is 1. The zero-order valence-corrected chi connectivity index (χ0v) is 6.26. The van der Waals surface area contributed by atoms with E-state index in [9.17, 15) is 9.59 Å². The van der Waals surface area contributed by atoms with E-state index in [1.807, 2.05) is 6.92 Å². The van der Waals surface area contributed by atoms with Crippen LogP contribution in [0.2, 0.25) is 0 Å². The van der Waals surface area contributed by atoms with Gasteiger partial charge in [0.05, 0.1) is 12.2 Å². The summed E-state index contributed by atoms with van der Waals surface area (Å²) in [5, 5.41) is 2.68. The first-order valence-electron chi connectivity index (χ1n) is 3.25. The summed E-state index contributed by atoms with van der Waals surface area (Å²) in [7, 11) is 1.25. The van der Waals surface area contributed by atoms with Crippen LogP contribution in [0, 0.1) is 0 Å². The van der Waals surface area contributed by atoms with Gasteiger partial charge < -0.3 is 10.0 Å². The van der Waals surface area contributed by atoms with Crippen LogP contribution in [0.15, 0.2) is 0 Å². The summed E-state index contributed by atoms with van der Waals surface area (Å²) in [6.45, 7) is 3.39. The van der Waals surface area contributed by atoms with Crippen LogP contribution in [-0.4, -0.2) is 25.4 Å². The van der Waals surface area contributed by atoms with Gasteiger partial charge in [0.25, 0.3) is 7.41 Å². The van der Waals surface area contributed by atoms with Crippen LogP contribution in [0.5, 0.6) is 0 Å². The van der Waals surface area contributed by atoms with Crippen molar-refractivity contribution in [2.24, 2.45) is 0 Å². The van der Waals surface area contributed by atoms with Crippen molar-refractivity contribution in [3.8, 4) is 0 Å². The zero-order chi connectivity index (χ0) is 7.98. The Morgan fingerprint density at radius 3 is 2.70 bits per heavy atom. The van der Waals surface area contributed by atoms with E-state index in [0.29, 0.717) is 12.6 Å². The van der Waals surface area contributed by atoms with Gasteiger partial charge in [-0.25, -0.2) is 0 Å². The highest BCUT2D eigenvalue weighted by Gasteiger charge is 2.09. The highest BCUT2D eigenvalue weighted by atomic mass is 16.1. The zero-order valence-electron chi connectivity index (χ0n) is 6.26. The molecule has 0 unspecified atom stereocenters. The third kappa shape index (κ3) is 3.40. The van der Waals surface area contributed by atoms with E-state index < -0.39 is 0 Å². The Bertz CT molecular complexity index is 127. The molecule has 0 rings (SSSR count). The molecule has 0 bridgehead atoms. The normalized spacial score (nSPS) is 12.2. The summed E-state index contributed by atoms with van der Waals surface area (Å²) in [5.41, 5.74) is 0. The molecule has 0 aliphatic heterocycles. The Morgan fingerprint density at radius 2 is 2.40 bits per heavy atom. The predicted octanol–water partition coefficient (Wildman–Crippen LogP) is -0.247. The predicted molar refractivity (Wildman–Crippen MR) is 40.4 cm³/mol. The van der Waals surface area contributed by atoms with Crippen LogP contribution in [0.25, 0.3) is 0 Å². The van der Waals surface area contributed by atoms with Crippen molar-refractivity contribution in [1.29, 1.82) is 0 Å². The molecule has 0 amide bonds. The molecule has 0 saturated heterocycles. The maximum absolute atomic E-state index is 10.7. The van der Waals surface area contributed by atoms with Crippen LogP contribution in [0.3, 0.4) is 0 Å². The maximum atomic E-state index is 10.7. The molecule has 4 heteroatoms. The molecule has 55 valence electrons. The number of nitrogens with one attached hydrogen (secondary N) is 1. The van der Waals surface area contributed by atoms with Crippen molar-refractivity contribution >= 4 is 19.4 Å². The van der Waals surface area contributed by atoms with Gasteiger partial charge in [0, 0.05) is 0 Å². The summed E-state index contributed by atoms with van der Waals surface area (Å²) in [6, 6.07) is -0.204. The van der Waals surface area contributed by atoms with Gasteiger partial charge in [-0.2, -0.15) is 0 Å². The quantitative estimate of drug-likeness (QED) is 0.423. The lowest BCUT2D eigenvalue weighted by Gasteiger charge is -2.09. The van der Waals surface area contributed by atoms with Crippen LogP contribution >= 0.6 is 0 Å². The molecule has 3 nitrogen and oxygen atoms in total. The number of carbonyl (C=O) groups excluding carboxylic acids is 2. The maximum Gasteiger partial charge on any atom is 0.290 e. The average Bonchev–Trinajstić information content (AvgIpc) is 1.89. The molecule has 0 aromatic rings. The molecule has 10 heavy (non-hydrogen) atoms. The molecule has 1 atom stereocenters. The van der Waals surface area contributed by atoms with Crippen molar-refractivity contribution in [3.63, 3.8) is 0 Å². The van der Waals surface area contributed by atoms with E-state index in [1.165, 1.54) is 14.3 Å². The Morgan fingerprint density at radius 1 is 1.80 bits per heavy atom. The van der Waals surface area contributed by atoms with Crippen LogP contribution in [0.1, 0.15) is 20.3 Å². The first-order chi connectivity index (χ1) is 4.72. The molecule has 0 aromatic carbocycles. The topological polar surface area (TPSA) is 46.2 Å². The van der Waals surface area contributed by atoms with E-state index in [4.69, 9.17) is 0 Å². The number of hydrogen-bond donors (Lipinski definition) is 1. The number of rotatable bonds is 5. The lowest BCUT2D eigenvalue weighted by Crippen LogP contribution is -2.37. The molecule has 0 aromatic heterocycles. The molecule has 1 radical (unpaired) electrons. The average molecular weight is 140 g/mol. The lowest BCUT2D eigenvalue weighted by atomic mass is 9.95. The largest absolute Gasteiger partial charge is 0.345 e. The SMILES string of the molecule is CC[C@H](N[B]C=O)C(C)=O. The third-order valence-electron chi connectivity index (χ3n) is 1.26. The number of Topliss-reactive ketones (excluding diaryl/α,β-unsaturated/α-hetero) is 1. The van der Waals surface area contributed by atoms with E-state index in [1.54, 1.807) is 0 Å². The molecule has 1 N–H and O–H groups in total. The van der Waals surface area contributed by atoms with Gasteiger partial charge in [-0.05, 0) is 13.3 Å². The number of hydrogen-bond acceptors (Lipinski definition) is 3. The minimum absolute atomic E-state index is 0.0561. The molecule has 0 aliphatic carbocycles. The molecule has 0 heterocycles. The summed E-state index contributed by atoms with van der Waals surface area (Å²) in [4.78, 5) is 20.5. The van der Waals surface area contributed by atoms with Crippen molar-refractivity contribution in [1.82, 2.24) is 5.23 Å². The van der Waals surface area contributed by atoms with E-state index in [2.05, 4.69) is 5.23 Å². The fourth-order valence-corrected chi connectivity index (χ4v) is 0.678. The van der Waals surface area contributed by atoms with Crippen LogP contribution in [-0.2, 0) is 9.59 Å². The summed E-state index contributed by atoms with van der Waals surface area (Å²) in [5.74, 6) is 0.0561. The molecule has 0 fully saturated rings. The standard InChI is InChI=1S/C6H11BNO2/c1-3-6(5(2)10)8-7-4-9/h4,6,8H,3H2,1-2H3/t6-/m0/s1. The van der Waals surface area contributed by atoms with Crippen molar-refractivity contribution in [2.45, 2.75) is 26.3 Å². The first kappa shape index (κ1) is 9.36. The second-order valence-electron chi connectivity index (χ2n) is 2.04. The summed E-state index contributed by atoms with van der Waals surface area (Å²) >= 11 is 0. The van der Waals surface area contributed by atoms with Crippen LogP contribution in [0.4, 0.5) is 0 Å². The number of carbonyl (C=O) groups is 2. The lowest BCUT2D eigenvalue weighted by molar-refractivity contribution is -0.118. The van der Waals surface area contributed by atoms with Gasteiger partial charge in [-0.1, -0.05) is 6.92 Å². The minimum Gasteiger partial charge on any atom is -0.345 e.